The number of fused-ring (bicyclic) bond motifs is 1. The van der Waals surface area contributed by atoms with Crippen LogP contribution in [0.15, 0.2) is 48.5 Å². The molecule has 2 fully saturated rings. The van der Waals surface area contributed by atoms with Crippen molar-refractivity contribution in [1.82, 2.24) is 4.90 Å². The maximum absolute atomic E-state index is 13.6. The maximum Gasteiger partial charge on any atom is 0.340 e. The molecule has 13 nitrogen and oxygen atoms in total. The molecule has 218 valence electrons. The minimum atomic E-state index is -1.33. The fourth-order valence-corrected chi connectivity index (χ4v) is 5.99. The van der Waals surface area contributed by atoms with E-state index in [1.807, 2.05) is 0 Å². The Bertz CT molecular complexity index is 1360. The van der Waals surface area contributed by atoms with Gasteiger partial charge in [-0.2, -0.15) is 0 Å². The molecule has 4 rings (SSSR count). The molecule has 0 bridgehead atoms. The number of para-hydroxylation sites is 1. The van der Waals surface area contributed by atoms with E-state index in [1.165, 1.54) is 53.1 Å². The van der Waals surface area contributed by atoms with Crippen LogP contribution in [-0.2, 0) is 30.5 Å². The molecule has 2 aromatic rings. The second-order valence-corrected chi connectivity index (χ2v) is 11.6. The monoisotopic (exact) mass is 586 g/mol. The molecule has 0 radical (unpaired) electrons. The van der Waals surface area contributed by atoms with Crippen molar-refractivity contribution in [1.29, 1.82) is 0 Å². The topological polar surface area (TPSA) is 183 Å². The lowest BCUT2D eigenvalue weighted by Gasteiger charge is -2.56. The van der Waals surface area contributed by atoms with Gasteiger partial charge in [-0.1, -0.05) is 12.1 Å². The molecular weight excluding hydrogens is 556 g/mol. The number of aliphatic hydroxyl groups is 1. The van der Waals surface area contributed by atoms with Gasteiger partial charge in [-0.25, -0.2) is 9.59 Å². The van der Waals surface area contributed by atoms with Crippen LogP contribution in [0.1, 0.15) is 36.7 Å². The Morgan fingerprint density at radius 1 is 1.17 bits per heavy atom. The van der Waals surface area contributed by atoms with Gasteiger partial charge in [0.25, 0.3) is 11.6 Å². The second-order valence-electron chi connectivity index (χ2n) is 10.4. The van der Waals surface area contributed by atoms with E-state index in [9.17, 15) is 34.4 Å². The van der Waals surface area contributed by atoms with Crippen LogP contribution >= 0.6 is 11.8 Å². The number of nitro groups is 1. The van der Waals surface area contributed by atoms with E-state index in [1.54, 1.807) is 32.9 Å². The number of hydrogen-bond donors (Lipinski definition) is 2. The molecular formula is C27H30N4O9S. The normalized spacial score (nSPS) is 21.8. The Hall–Kier alpha value is -4.01. The number of hydrogen-bond acceptors (Lipinski definition) is 11. The Morgan fingerprint density at radius 3 is 2.44 bits per heavy atom. The molecule has 0 aliphatic carbocycles. The number of rotatable bonds is 8. The first-order chi connectivity index (χ1) is 19.3. The fraction of sp³-hybridized carbons (Fsp3) is 0.407. The third-order valence-corrected chi connectivity index (χ3v) is 7.79. The zero-order valence-electron chi connectivity index (χ0n) is 22.6. The van der Waals surface area contributed by atoms with Gasteiger partial charge in [0, 0.05) is 17.9 Å². The van der Waals surface area contributed by atoms with Gasteiger partial charge < -0.3 is 25.2 Å². The Kier molecular flexibility index (Phi) is 8.66. The minimum absolute atomic E-state index is 0.0652. The molecule has 2 unspecified atom stereocenters. The van der Waals surface area contributed by atoms with Crippen molar-refractivity contribution < 1.29 is 38.7 Å². The largest absolute Gasteiger partial charge is 0.459 e. The highest BCUT2D eigenvalue weighted by Crippen LogP contribution is 2.43. The highest BCUT2D eigenvalue weighted by Gasteiger charge is 2.60. The molecule has 4 atom stereocenters. The van der Waals surface area contributed by atoms with Gasteiger partial charge in [0.15, 0.2) is 6.04 Å². The first kappa shape index (κ1) is 30.0. The Balaban J connectivity index is 1.56. The number of β-lactam (4-membered cyclic amide) rings is 1. The fourth-order valence-electron chi connectivity index (χ4n) is 4.60. The Morgan fingerprint density at radius 2 is 1.83 bits per heavy atom. The van der Waals surface area contributed by atoms with Crippen LogP contribution in [0.2, 0.25) is 0 Å². The highest BCUT2D eigenvalue weighted by molar-refractivity contribution is 8.00. The van der Waals surface area contributed by atoms with E-state index in [0.29, 0.717) is 5.56 Å². The van der Waals surface area contributed by atoms with E-state index in [2.05, 4.69) is 0 Å². The smallest absolute Gasteiger partial charge is 0.340 e. The van der Waals surface area contributed by atoms with Crippen LogP contribution in [0.5, 0.6) is 0 Å². The molecule has 2 heterocycles. The molecule has 2 aliphatic rings. The molecule has 41 heavy (non-hydrogen) atoms. The summed E-state index contributed by atoms with van der Waals surface area (Å²) in [5, 5.41) is 20.8. The van der Waals surface area contributed by atoms with Crippen molar-refractivity contribution in [2.75, 3.05) is 17.2 Å². The number of amides is 2. The highest BCUT2D eigenvalue weighted by atomic mass is 32.2. The van der Waals surface area contributed by atoms with Crippen LogP contribution in [0.3, 0.4) is 0 Å². The summed E-state index contributed by atoms with van der Waals surface area (Å²) in [5.41, 5.74) is 5.44. The van der Waals surface area contributed by atoms with E-state index >= 15 is 0 Å². The summed E-state index contributed by atoms with van der Waals surface area (Å²) in [7, 11) is 0. The summed E-state index contributed by atoms with van der Waals surface area (Å²) in [6.07, 6.45) is -1.24. The number of nitro benzene ring substituents is 1. The number of nitrogens with zero attached hydrogens (tertiary/aromatic N) is 3. The zero-order chi connectivity index (χ0) is 30.1. The lowest BCUT2D eigenvalue weighted by atomic mass is 9.96. The number of carbonyl (C=O) groups is 4. The van der Waals surface area contributed by atoms with Crippen molar-refractivity contribution in [2.45, 2.75) is 56.5 Å². The molecule has 2 aliphatic heterocycles. The molecule has 0 saturated carbocycles. The number of carbonyl (C=O) groups excluding carboxylic acids is 4. The quantitative estimate of drug-likeness (QED) is 0.198. The van der Waals surface area contributed by atoms with Crippen LogP contribution in [-0.4, -0.2) is 80.1 Å². The van der Waals surface area contributed by atoms with E-state index in [-0.39, 0.29) is 29.3 Å². The van der Waals surface area contributed by atoms with Gasteiger partial charge in [-0.05, 0) is 50.6 Å². The minimum Gasteiger partial charge on any atom is -0.459 e. The van der Waals surface area contributed by atoms with Gasteiger partial charge in [-0.15, -0.1) is 11.8 Å². The molecule has 2 aromatic carbocycles. The van der Waals surface area contributed by atoms with E-state index < -0.39 is 64.4 Å². The predicted octanol–water partition coefficient (Wildman–Crippen LogP) is 1.60. The number of aliphatic hydroxyl groups excluding tert-OH is 1. The lowest BCUT2D eigenvalue weighted by molar-refractivity contribution is -0.384. The van der Waals surface area contributed by atoms with E-state index in [0.717, 1.165) is 4.90 Å². The number of non-ortho nitro benzene ring substituents is 1. The molecule has 14 heteroatoms. The average Bonchev–Trinajstić information content (AvgIpc) is 2.93. The summed E-state index contributed by atoms with van der Waals surface area (Å²) < 4.78 is 10.9. The van der Waals surface area contributed by atoms with Crippen LogP contribution in [0.25, 0.3) is 0 Å². The van der Waals surface area contributed by atoms with Gasteiger partial charge >= 0.3 is 11.9 Å². The van der Waals surface area contributed by atoms with E-state index in [4.69, 9.17) is 15.2 Å². The lowest BCUT2D eigenvalue weighted by Crippen LogP contribution is -2.77. The third kappa shape index (κ3) is 6.19. The molecule has 0 spiro atoms. The van der Waals surface area contributed by atoms with Crippen molar-refractivity contribution in [3.63, 3.8) is 0 Å². The van der Waals surface area contributed by atoms with Gasteiger partial charge in [-0.3, -0.25) is 24.6 Å². The standard InChI is InChI=1S/C27H30N4O9S/c1-27(2,3)40-25(35)17-6-4-5-7-18(17)29(20(33)12-28)22-23(34)30-21(19(32)14-41-24(22)30)26(36)39-13-15-8-10-16(11-9-15)31(37)38/h4-11,19,21-22,24,32H,12-14,28H2,1-3H3/t19?,21?,22-,24+/m1/s1. The van der Waals surface area contributed by atoms with Gasteiger partial charge in [0.05, 0.1) is 28.8 Å². The van der Waals surface area contributed by atoms with Crippen molar-refractivity contribution in [3.8, 4) is 0 Å². The predicted molar refractivity (Wildman–Crippen MR) is 148 cm³/mol. The SMILES string of the molecule is CC(C)(C)OC(=O)c1ccccc1N(C(=O)CN)[C@@H]1C(=O)N2C(C(=O)OCc3ccc([N+](=O)[O-])cc3)C(O)CS[C@@H]12. The molecule has 2 amide bonds. The number of benzene rings is 2. The summed E-state index contributed by atoms with van der Waals surface area (Å²) in [6, 6.07) is 9.19. The number of nitrogens with two attached hydrogens (primary N) is 1. The summed E-state index contributed by atoms with van der Waals surface area (Å²) in [5.74, 6) is -2.73. The van der Waals surface area contributed by atoms with Crippen LogP contribution < -0.4 is 10.6 Å². The average molecular weight is 587 g/mol. The van der Waals surface area contributed by atoms with Crippen molar-refractivity contribution >= 4 is 46.9 Å². The van der Waals surface area contributed by atoms with Gasteiger partial charge in [0.1, 0.15) is 23.6 Å². The number of thioether (sulfide) groups is 1. The number of ether oxygens (including phenoxy) is 2. The number of anilines is 1. The van der Waals surface area contributed by atoms with Crippen LogP contribution in [0, 0.1) is 10.1 Å². The number of esters is 2. The van der Waals surface area contributed by atoms with Gasteiger partial charge in [0.2, 0.25) is 5.91 Å². The first-order valence-corrected chi connectivity index (χ1v) is 13.7. The zero-order valence-corrected chi connectivity index (χ0v) is 23.4. The second kappa shape index (κ2) is 11.8. The third-order valence-electron chi connectivity index (χ3n) is 6.43. The maximum atomic E-state index is 13.6. The molecule has 3 N–H and O–H groups in total. The molecule has 0 aromatic heterocycles. The molecule has 2 saturated heterocycles. The summed E-state index contributed by atoms with van der Waals surface area (Å²) in [6.45, 7) is 4.43. The first-order valence-electron chi connectivity index (χ1n) is 12.7. The Labute approximate surface area is 239 Å². The van der Waals surface area contributed by atoms with Crippen LogP contribution in [0.4, 0.5) is 11.4 Å². The van der Waals surface area contributed by atoms with Crippen molar-refractivity contribution in [3.05, 3.63) is 69.8 Å². The summed E-state index contributed by atoms with van der Waals surface area (Å²) in [4.78, 5) is 65.4. The van der Waals surface area contributed by atoms with Crippen molar-refractivity contribution in [2.24, 2.45) is 5.73 Å². The summed E-state index contributed by atoms with van der Waals surface area (Å²) >= 11 is 1.18.